The van der Waals surface area contributed by atoms with E-state index in [-0.39, 0.29) is 0 Å². The van der Waals surface area contributed by atoms with Crippen molar-refractivity contribution in [3.8, 4) is 0 Å². The van der Waals surface area contributed by atoms with E-state index in [0.29, 0.717) is 0 Å². The summed E-state index contributed by atoms with van der Waals surface area (Å²) in [5.41, 5.74) is 1.000. The van der Waals surface area contributed by atoms with Crippen LogP contribution in [0.5, 0.6) is 0 Å². The number of oxime groups is 1. The molecule has 0 unspecified atom stereocenters. The number of hydrogen-bond donors (Lipinski definition) is 1. The summed E-state index contributed by atoms with van der Waals surface area (Å²) in [6, 6.07) is 0. The van der Waals surface area contributed by atoms with Crippen molar-refractivity contribution in [3.05, 3.63) is 15.6 Å². The highest BCUT2D eigenvalue weighted by Gasteiger charge is 1.99. The Morgan fingerprint density at radius 3 is 2.70 bits per heavy atom. The van der Waals surface area contributed by atoms with Crippen LogP contribution in [0.25, 0.3) is 0 Å². The summed E-state index contributed by atoms with van der Waals surface area (Å²) in [5, 5.41) is 11.8. The molecule has 54 valence electrons. The molecule has 1 N–H and O–H groups in total. The summed E-state index contributed by atoms with van der Waals surface area (Å²) >= 11 is 1.52. The van der Waals surface area contributed by atoms with Crippen LogP contribution in [0.15, 0.2) is 5.16 Å². The topological polar surface area (TPSA) is 45.5 Å². The lowest BCUT2D eigenvalue weighted by Gasteiger charge is -1.77. The highest BCUT2D eigenvalue weighted by Crippen LogP contribution is 2.13. The van der Waals surface area contributed by atoms with Crippen LogP contribution in [0.3, 0.4) is 0 Å². The average Bonchev–Trinajstić information content (AvgIpc) is 2.14. The van der Waals surface area contributed by atoms with Gasteiger partial charge in [-0.2, -0.15) is 0 Å². The van der Waals surface area contributed by atoms with Crippen LogP contribution >= 0.6 is 11.3 Å². The van der Waals surface area contributed by atoms with Gasteiger partial charge in [-0.05, 0) is 13.8 Å². The van der Waals surface area contributed by atoms with Gasteiger partial charge in [-0.15, -0.1) is 11.3 Å². The van der Waals surface area contributed by atoms with Crippen LogP contribution in [0.4, 0.5) is 0 Å². The van der Waals surface area contributed by atoms with E-state index in [0.717, 1.165) is 15.6 Å². The quantitative estimate of drug-likeness (QED) is 0.381. The standard InChI is InChI=1S/C6H8N2OS/c1-4-5(2)10-6(8-4)3-7-9/h3,9H,1-2H3/b7-3+. The van der Waals surface area contributed by atoms with E-state index in [1.54, 1.807) is 0 Å². The zero-order chi connectivity index (χ0) is 7.56. The van der Waals surface area contributed by atoms with Gasteiger partial charge in [-0.1, -0.05) is 5.16 Å². The Labute approximate surface area is 63.0 Å². The first kappa shape index (κ1) is 7.21. The van der Waals surface area contributed by atoms with Crippen molar-refractivity contribution < 1.29 is 5.21 Å². The molecule has 4 heteroatoms. The van der Waals surface area contributed by atoms with Crippen LogP contribution in [0.2, 0.25) is 0 Å². The zero-order valence-corrected chi connectivity index (χ0v) is 6.64. The zero-order valence-electron chi connectivity index (χ0n) is 5.83. The van der Waals surface area contributed by atoms with E-state index in [9.17, 15) is 0 Å². The minimum atomic E-state index is 0.748. The molecule has 0 aliphatic heterocycles. The van der Waals surface area contributed by atoms with Crippen LogP contribution in [0.1, 0.15) is 15.6 Å². The first-order chi connectivity index (χ1) is 4.74. The minimum absolute atomic E-state index is 0.748. The summed E-state index contributed by atoms with van der Waals surface area (Å²) in [7, 11) is 0. The Hall–Kier alpha value is -0.900. The van der Waals surface area contributed by atoms with E-state index >= 15 is 0 Å². The molecule has 0 saturated carbocycles. The Morgan fingerprint density at radius 2 is 2.30 bits per heavy atom. The normalized spacial score (nSPS) is 11.0. The monoisotopic (exact) mass is 156 g/mol. The number of aromatic nitrogens is 1. The lowest BCUT2D eigenvalue weighted by Crippen LogP contribution is -1.78. The van der Waals surface area contributed by atoms with Gasteiger partial charge in [-0.3, -0.25) is 0 Å². The van der Waals surface area contributed by atoms with Gasteiger partial charge in [-0.25, -0.2) is 4.98 Å². The van der Waals surface area contributed by atoms with Gasteiger partial charge in [0, 0.05) is 4.88 Å². The third-order valence-electron chi connectivity index (χ3n) is 1.21. The second-order valence-electron chi connectivity index (χ2n) is 1.94. The predicted molar refractivity (Wildman–Crippen MR) is 41.0 cm³/mol. The number of thiazole rings is 1. The molecule has 1 heterocycles. The van der Waals surface area contributed by atoms with E-state index in [1.807, 2.05) is 13.8 Å². The first-order valence-corrected chi connectivity index (χ1v) is 3.67. The second-order valence-corrected chi connectivity index (χ2v) is 3.17. The molecule has 0 saturated heterocycles. The minimum Gasteiger partial charge on any atom is -0.411 e. The molecule has 0 atom stereocenters. The molecule has 0 spiro atoms. The Kier molecular flexibility index (Phi) is 2.01. The summed E-state index contributed by atoms with van der Waals surface area (Å²) in [5.74, 6) is 0. The van der Waals surface area contributed by atoms with Crippen molar-refractivity contribution in [2.45, 2.75) is 13.8 Å². The van der Waals surface area contributed by atoms with Crippen molar-refractivity contribution >= 4 is 17.6 Å². The first-order valence-electron chi connectivity index (χ1n) is 2.85. The number of hydrogen-bond acceptors (Lipinski definition) is 4. The average molecular weight is 156 g/mol. The smallest absolute Gasteiger partial charge is 0.138 e. The molecule has 0 bridgehead atoms. The van der Waals surface area contributed by atoms with E-state index in [2.05, 4.69) is 10.1 Å². The number of nitrogens with zero attached hydrogens (tertiary/aromatic N) is 2. The van der Waals surface area contributed by atoms with Crippen molar-refractivity contribution in [1.29, 1.82) is 0 Å². The van der Waals surface area contributed by atoms with Crippen molar-refractivity contribution in [2.24, 2.45) is 5.16 Å². The van der Waals surface area contributed by atoms with Crippen LogP contribution in [-0.4, -0.2) is 16.4 Å². The lowest BCUT2D eigenvalue weighted by atomic mass is 10.4. The van der Waals surface area contributed by atoms with Crippen LogP contribution in [0, 0.1) is 13.8 Å². The Bertz CT molecular complexity index is 235. The molecule has 0 aliphatic rings. The van der Waals surface area contributed by atoms with E-state index in [1.165, 1.54) is 17.6 Å². The largest absolute Gasteiger partial charge is 0.411 e. The fourth-order valence-corrected chi connectivity index (χ4v) is 1.39. The summed E-state index contributed by atoms with van der Waals surface area (Å²) in [6.07, 6.45) is 1.34. The SMILES string of the molecule is Cc1nc(/C=N/O)sc1C. The third-order valence-corrected chi connectivity index (χ3v) is 2.22. The predicted octanol–water partition coefficient (Wildman–Crippen LogP) is 1.57. The molecule has 1 aromatic rings. The molecule has 10 heavy (non-hydrogen) atoms. The van der Waals surface area contributed by atoms with E-state index < -0.39 is 0 Å². The molecule has 0 amide bonds. The maximum atomic E-state index is 8.16. The molecule has 0 fully saturated rings. The van der Waals surface area contributed by atoms with Crippen LogP contribution < -0.4 is 0 Å². The molecule has 0 aliphatic carbocycles. The van der Waals surface area contributed by atoms with E-state index in [4.69, 9.17) is 5.21 Å². The third kappa shape index (κ3) is 1.33. The lowest BCUT2D eigenvalue weighted by molar-refractivity contribution is 0.322. The fraction of sp³-hybridized carbons (Fsp3) is 0.333. The van der Waals surface area contributed by atoms with Gasteiger partial charge in [0.15, 0.2) is 0 Å². The molecule has 0 aromatic carbocycles. The van der Waals surface area contributed by atoms with Gasteiger partial charge >= 0.3 is 0 Å². The summed E-state index contributed by atoms with van der Waals surface area (Å²) < 4.78 is 0. The number of aryl methyl sites for hydroxylation is 2. The van der Waals surface area contributed by atoms with Crippen molar-refractivity contribution in [1.82, 2.24) is 4.98 Å². The molecule has 0 radical (unpaired) electrons. The molecule has 1 rings (SSSR count). The van der Waals surface area contributed by atoms with Crippen molar-refractivity contribution in [3.63, 3.8) is 0 Å². The second kappa shape index (κ2) is 2.79. The van der Waals surface area contributed by atoms with Gasteiger partial charge in [0.25, 0.3) is 0 Å². The number of rotatable bonds is 1. The molecule has 3 nitrogen and oxygen atoms in total. The van der Waals surface area contributed by atoms with Gasteiger partial charge in [0.05, 0.1) is 5.69 Å². The highest BCUT2D eigenvalue weighted by molar-refractivity contribution is 7.13. The van der Waals surface area contributed by atoms with Gasteiger partial charge in [0.2, 0.25) is 0 Å². The van der Waals surface area contributed by atoms with Crippen molar-refractivity contribution in [2.75, 3.05) is 0 Å². The van der Waals surface area contributed by atoms with Crippen LogP contribution in [-0.2, 0) is 0 Å². The molecule has 1 aromatic heterocycles. The summed E-state index contributed by atoms with van der Waals surface area (Å²) in [6.45, 7) is 3.92. The fourth-order valence-electron chi connectivity index (χ4n) is 0.602. The maximum Gasteiger partial charge on any atom is 0.138 e. The Morgan fingerprint density at radius 1 is 1.60 bits per heavy atom. The van der Waals surface area contributed by atoms with Gasteiger partial charge in [0.1, 0.15) is 11.2 Å². The van der Waals surface area contributed by atoms with Gasteiger partial charge < -0.3 is 5.21 Å². The molecular formula is C6H8N2OS. The Balaban J connectivity index is 2.98. The molecular weight excluding hydrogens is 148 g/mol. The maximum absolute atomic E-state index is 8.16. The summed E-state index contributed by atoms with van der Waals surface area (Å²) in [4.78, 5) is 5.27. The highest BCUT2D eigenvalue weighted by atomic mass is 32.1.